The number of allylic oxidation sites excluding steroid dienone is 1. The molecule has 0 radical (unpaired) electrons. The number of nitrogen functional groups attached to an aromatic ring is 1. The zero-order chi connectivity index (χ0) is 13.4. The Morgan fingerprint density at radius 1 is 1.47 bits per heavy atom. The van der Waals surface area contributed by atoms with Gasteiger partial charge in [0.1, 0.15) is 0 Å². The van der Waals surface area contributed by atoms with Crippen LogP contribution in [-0.4, -0.2) is 38.3 Å². The van der Waals surface area contributed by atoms with E-state index in [1.807, 2.05) is 10.6 Å². The van der Waals surface area contributed by atoms with Crippen LogP contribution in [0.3, 0.4) is 0 Å². The lowest BCUT2D eigenvalue weighted by atomic mass is 10.1. The summed E-state index contributed by atoms with van der Waals surface area (Å²) < 4.78 is 1.97. The fourth-order valence-electron chi connectivity index (χ4n) is 2.44. The topological polar surface area (TPSA) is 102 Å². The van der Waals surface area contributed by atoms with Crippen molar-refractivity contribution in [3.05, 3.63) is 18.5 Å². The van der Waals surface area contributed by atoms with Crippen LogP contribution in [0.25, 0.3) is 11.2 Å². The van der Waals surface area contributed by atoms with Gasteiger partial charge in [-0.05, 0) is 6.42 Å². The SMILES string of the molecule is CNc1nc(N)nc2c1ncn2[C@H]1C=CC(CO)C1. The first-order valence-corrected chi connectivity index (χ1v) is 6.20. The monoisotopic (exact) mass is 260 g/mol. The molecule has 1 aliphatic carbocycles. The number of aliphatic hydroxyl groups excluding tert-OH is 1. The highest BCUT2D eigenvalue weighted by Crippen LogP contribution is 2.31. The van der Waals surface area contributed by atoms with Crippen LogP contribution in [0.15, 0.2) is 18.5 Å². The average molecular weight is 260 g/mol. The normalized spacial score (nSPS) is 22.2. The highest BCUT2D eigenvalue weighted by atomic mass is 16.3. The lowest BCUT2D eigenvalue weighted by Crippen LogP contribution is -2.09. The van der Waals surface area contributed by atoms with Gasteiger partial charge < -0.3 is 20.7 Å². The van der Waals surface area contributed by atoms with Crippen LogP contribution in [-0.2, 0) is 0 Å². The number of nitrogens with one attached hydrogen (secondary N) is 1. The summed E-state index contributed by atoms with van der Waals surface area (Å²) >= 11 is 0. The zero-order valence-corrected chi connectivity index (χ0v) is 10.6. The molecular weight excluding hydrogens is 244 g/mol. The van der Waals surface area contributed by atoms with Crippen molar-refractivity contribution in [1.29, 1.82) is 0 Å². The molecule has 1 aliphatic rings. The van der Waals surface area contributed by atoms with E-state index in [9.17, 15) is 5.11 Å². The first kappa shape index (κ1) is 11.9. The highest BCUT2D eigenvalue weighted by Gasteiger charge is 2.22. The molecule has 19 heavy (non-hydrogen) atoms. The Kier molecular flexibility index (Phi) is 2.83. The van der Waals surface area contributed by atoms with Crippen molar-refractivity contribution in [1.82, 2.24) is 19.5 Å². The molecule has 0 spiro atoms. The Hall–Kier alpha value is -2.15. The number of anilines is 2. The van der Waals surface area contributed by atoms with E-state index in [0.717, 1.165) is 6.42 Å². The van der Waals surface area contributed by atoms with Crippen LogP contribution in [0.5, 0.6) is 0 Å². The van der Waals surface area contributed by atoms with Crippen molar-refractivity contribution in [3.8, 4) is 0 Å². The molecule has 7 nitrogen and oxygen atoms in total. The van der Waals surface area contributed by atoms with Crippen LogP contribution >= 0.6 is 0 Å². The minimum Gasteiger partial charge on any atom is -0.396 e. The Balaban J connectivity index is 2.06. The molecule has 0 saturated heterocycles. The second-order valence-corrected chi connectivity index (χ2v) is 4.64. The number of fused-ring (bicyclic) bond motifs is 1. The quantitative estimate of drug-likeness (QED) is 0.697. The molecule has 2 atom stereocenters. The van der Waals surface area contributed by atoms with Gasteiger partial charge in [-0.2, -0.15) is 9.97 Å². The molecule has 2 aromatic rings. The summed E-state index contributed by atoms with van der Waals surface area (Å²) in [6.07, 6.45) is 6.69. The summed E-state index contributed by atoms with van der Waals surface area (Å²) in [6, 6.07) is 0.154. The lowest BCUT2D eigenvalue weighted by Gasteiger charge is -2.12. The number of imidazole rings is 1. The van der Waals surface area contributed by atoms with Gasteiger partial charge in [0.2, 0.25) is 5.95 Å². The molecule has 1 unspecified atom stereocenters. The zero-order valence-electron chi connectivity index (χ0n) is 10.6. The molecule has 0 fully saturated rings. The van der Waals surface area contributed by atoms with E-state index in [-0.39, 0.29) is 24.5 Å². The number of nitrogens with two attached hydrogens (primary N) is 1. The molecule has 100 valence electrons. The molecule has 0 aliphatic heterocycles. The van der Waals surface area contributed by atoms with Crippen LogP contribution in [0.4, 0.5) is 11.8 Å². The number of aromatic nitrogens is 4. The maximum Gasteiger partial charge on any atom is 0.224 e. The summed E-state index contributed by atoms with van der Waals surface area (Å²) in [5.74, 6) is 1.05. The maximum atomic E-state index is 9.19. The van der Waals surface area contributed by atoms with Crippen LogP contribution < -0.4 is 11.1 Å². The third kappa shape index (κ3) is 1.91. The van der Waals surface area contributed by atoms with Gasteiger partial charge >= 0.3 is 0 Å². The molecule has 0 aromatic carbocycles. The van der Waals surface area contributed by atoms with E-state index < -0.39 is 0 Å². The van der Waals surface area contributed by atoms with E-state index in [4.69, 9.17) is 5.73 Å². The summed E-state index contributed by atoms with van der Waals surface area (Å²) in [7, 11) is 1.78. The number of hydrogen-bond donors (Lipinski definition) is 3. The van der Waals surface area contributed by atoms with Gasteiger partial charge in [-0.15, -0.1) is 0 Å². The minimum atomic E-state index is 0.154. The van der Waals surface area contributed by atoms with Gasteiger partial charge in [0.25, 0.3) is 0 Å². The Labute approximate surface area is 110 Å². The molecule has 0 amide bonds. The van der Waals surface area contributed by atoms with Gasteiger partial charge in [-0.1, -0.05) is 12.2 Å². The van der Waals surface area contributed by atoms with Gasteiger partial charge in [0.05, 0.1) is 12.4 Å². The molecule has 2 heterocycles. The Morgan fingerprint density at radius 3 is 3.00 bits per heavy atom. The van der Waals surface area contributed by atoms with Crippen molar-refractivity contribution in [3.63, 3.8) is 0 Å². The van der Waals surface area contributed by atoms with Gasteiger partial charge in [0, 0.05) is 19.6 Å². The first-order chi connectivity index (χ1) is 9.22. The van der Waals surface area contributed by atoms with Crippen molar-refractivity contribution >= 4 is 22.9 Å². The molecule has 3 rings (SSSR count). The van der Waals surface area contributed by atoms with Crippen LogP contribution in [0.1, 0.15) is 12.5 Å². The summed E-state index contributed by atoms with van der Waals surface area (Å²) in [6.45, 7) is 0.165. The van der Waals surface area contributed by atoms with Crippen molar-refractivity contribution in [2.24, 2.45) is 5.92 Å². The molecule has 7 heteroatoms. The highest BCUT2D eigenvalue weighted by molar-refractivity contribution is 5.84. The van der Waals surface area contributed by atoms with E-state index in [0.29, 0.717) is 17.0 Å². The number of rotatable bonds is 3. The van der Waals surface area contributed by atoms with Gasteiger partial charge in [-0.25, -0.2) is 4.98 Å². The third-order valence-corrected chi connectivity index (χ3v) is 3.42. The summed E-state index contributed by atoms with van der Waals surface area (Å²) in [5.41, 5.74) is 7.14. The van der Waals surface area contributed by atoms with Crippen LogP contribution in [0.2, 0.25) is 0 Å². The van der Waals surface area contributed by atoms with Gasteiger partial charge in [-0.3, -0.25) is 0 Å². The fourth-order valence-corrected chi connectivity index (χ4v) is 2.44. The van der Waals surface area contributed by atoms with E-state index in [1.165, 1.54) is 0 Å². The maximum absolute atomic E-state index is 9.19. The first-order valence-electron chi connectivity index (χ1n) is 6.20. The smallest absolute Gasteiger partial charge is 0.224 e. The molecule has 0 saturated carbocycles. The van der Waals surface area contributed by atoms with Crippen molar-refractivity contribution in [2.45, 2.75) is 12.5 Å². The van der Waals surface area contributed by atoms with E-state index in [1.54, 1.807) is 13.4 Å². The second kappa shape index (κ2) is 4.51. The molecule has 0 bridgehead atoms. The molecular formula is C12H16N6O. The summed E-state index contributed by atoms with van der Waals surface area (Å²) in [4.78, 5) is 12.7. The Morgan fingerprint density at radius 2 is 2.32 bits per heavy atom. The van der Waals surface area contributed by atoms with E-state index >= 15 is 0 Å². The fraction of sp³-hybridized carbons (Fsp3) is 0.417. The minimum absolute atomic E-state index is 0.154. The third-order valence-electron chi connectivity index (χ3n) is 3.42. The van der Waals surface area contributed by atoms with Crippen LogP contribution in [0, 0.1) is 5.92 Å². The Bertz CT molecular complexity index is 634. The number of hydrogen-bond acceptors (Lipinski definition) is 6. The van der Waals surface area contributed by atoms with E-state index in [2.05, 4.69) is 26.3 Å². The van der Waals surface area contributed by atoms with Crippen molar-refractivity contribution < 1.29 is 5.11 Å². The second-order valence-electron chi connectivity index (χ2n) is 4.64. The number of nitrogens with zero attached hydrogens (tertiary/aromatic N) is 4. The standard InChI is InChI=1S/C12H16N6O/c1-14-10-9-11(17-12(13)16-10)18(6-15-9)8-3-2-7(4-8)5-19/h2-3,6-8,19H,4-5H2,1H3,(H3,13,14,16,17)/t7?,8-/m0/s1. The lowest BCUT2D eigenvalue weighted by molar-refractivity contribution is 0.244. The largest absolute Gasteiger partial charge is 0.396 e. The molecule has 4 N–H and O–H groups in total. The summed E-state index contributed by atoms with van der Waals surface area (Å²) in [5, 5.41) is 12.2. The van der Waals surface area contributed by atoms with Gasteiger partial charge in [0.15, 0.2) is 17.0 Å². The predicted molar refractivity (Wildman–Crippen MR) is 72.7 cm³/mol. The predicted octanol–water partition coefficient (Wildman–Crippen LogP) is 0.560. The molecule has 2 aromatic heterocycles. The van der Waals surface area contributed by atoms with Crippen molar-refractivity contribution in [2.75, 3.05) is 24.7 Å². The number of aliphatic hydroxyl groups is 1. The average Bonchev–Trinajstić information content (AvgIpc) is 3.03.